The van der Waals surface area contributed by atoms with E-state index < -0.39 is 0 Å². The number of hydrogen-bond acceptors (Lipinski definition) is 3. The Kier molecular flexibility index (Phi) is 4.03. The Hall–Kier alpha value is -1.64. The van der Waals surface area contributed by atoms with Crippen LogP contribution in [0.2, 0.25) is 0 Å². The van der Waals surface area contributed by atoms with E-state index >= 15 is 0 Å². The van der Waals surface area contributed by atoms with E-state index in [-0.39, 0.29) is 0 Å². The van der Waals surface area contributed by atoms with Gasteiger partial charge in [0.2, 0.25) is 0 Å². The van der Waals surface area contributed by atoms with E-state index in [4.69, 9.17) is 14.2 Å². The van der Waals surface area contributed by atoms with Gasteiger partial charge < -0.3 is 14.2 Å². The van der Waals surface area contributed by atoms with Crippen LogP contribution in [-0.4, -0.2) is 21.3 Å². The van der Waals surface area contributed by atoms with Crippen LogP contribution < -0.4 is 9.47 Å². The summed E-state index contributed by atoms with van der Waals surface area (Å²) >= 11 is 0. The van der Waals surface area contributed by atoms with Crippen molar-refractivity contribution in [1.82, 2.24) is 0 Å². The molecule has 0 saturated heterocycles. The second-order valence-electron chi connectivity index (χ2n) is 3.14. The molecule has 0 aliphatic rings. The molecule has 0 heterocycles. The van der Waals surface area contributed by atoms with Gasteiger partial charge in [-0.15, -0.1) is 0 Å². The zero-order valence-corrected chi connectivity index (χ0v) is 9.53. The predicted octanol–water partition coefficient (Wildman–Crippen LogP) is 2.71. The number of methoxy groups -OCH3 is 3. The molecule has 0 fully saturated rings. The fraction of sp³-hybridized carbons (Fsp3) is 0.333. The Morgan fingerprint density at radius 1 is 1.00 bits per heavy atom. The van der Waals surface area contributed by atoms with Crippen LogP contribution in [0.3, 0.4) is 0 Å². The van der Waals surface area contributed by atoms with E-state index in [1.165, 1.54) is 0 Å². The molecule has 0 aromatic heterocycles. The van der Waals surface area contributed by atoms with E-state index in [9.17, 15) is 0 Å². The highest BCUT2D eigenvalue weighted by Gasteiger charge is 2.03. The fourth-order valence-electron chi connectivity index (χ4n) is 1.28. The Morgan fingerprint density at radius 3 is 1.93 bits per heavy atom. The second kappa shape index (κ2) is 5.29. The van der Waals surface area contributed by atoms with Gasteiger partial charge in [-0.3, -0.25) is 0 Å². The molecule has 0 atom stereocenters. The van der Waals surface area contributed by atoms with Gasteiger partial charge in [0.25, 0.3) is 0 Å². The standard InChI is InChI=1S/C12H16O3/c1-9(8-13-2)10-5-11(14-3)7-12(6-10)15-4/h5-8H,1-4H3/b9-8+. The van der Waals surface area contributed by atoms with Crippen molar-refractivity contribution >= 4 is 5.57 Å². The van der Waals surface area contributed by atoms with Gasteiger partial charge in [0.1, 0.15) is 11.5 Å². The minimum Gasteiger partial charge on any atom is -0.504 e. The molecule has 15 heavy (non-hydrogen) atoms. The molecule has 0 unspecified atom stereocenters. The number of hydrogen-bond donors (Lipinski definition) is 0. The van der Waals surface area contributed by atoms with Gasteiger partial charge in [-0.2, -0.15) is 0 Å². The van der Waals surface area contributed by atoms with Gasteiger partial charge in [-0.05, 0) is 30.2 Å². The van der Waals surface area contributed by atoms with Crippen LogP contribution in [0.1, 0.15) is 12.5 Å². The molecule has 3 nitrogen and oxygen atoms in total. The van der Waals surface area contributed by atoms with Gasteiger partial charge in [0.15, 0.2) is 0 Å². The lowest BCUT2D eigenvalue weighted by Crippen LogP contribution is -1.90. The van der Waals surface area contributed by atoms with Gasteiger partial charge in [0, 0.05) is 6.07 Å². The van der Waals surface area contributed by atoms with Crippen LogP contribution in [-0.2, 0) is 4.74 Å². The molecule has 82 valence electrons. The third-order valence-corrected chi connectivity index (χ3v) is 2.10. The zero-order chi connectivity index (χ0) is 11.3. The summed E-state index contributed by atoms with van der Waals surface area (Å²) in [5.74, 6) is 1.54. The minimum absolute atomic E-state index is 0.771. The molecule has 0 aliphatic heterocycles. The average Bonchev–Trinajstić information content (AvgIpc) is 2.28. The minimum atomic E-state index is 0.771. The van der Waals surface area contributed by atoms with E-state index in [2.05, 4.69) is 0 Å². The Bertz CT molecular complexity index is 334. The van der Waals surface area contributed by atoms with Gasteiger partial charge in [0.05, 0.1) is 27.6 Å². The monoisotopic (exact) mass is 208 g/mol. The predicted molar refractivity (Wildman–Crippen MR) is 60.2 cm³/mol. The molecule has 0 N–H and O–H groups in total. The molecule has 0 saturated carbocycles. The number of benzene rings is 1. The summed E-state index contributed by atoms with van der Waals surface area (Å²) in [4.78, 5) is 0. The smallest absolute Gasteiger partial charge is 0.123 e. The average molecular weight is 208 g/mol. The van der Waals surface area contributed by atoms with Crippen LogP contribution in [0.4, 0.5) is 0 Å². The van der Waals surface area contributed by atoms with Crippen molar-refractivity contribution in [3.8, 4) is 11.5 Å². The SMILES string of the molecule is CO/C=C(\C)c1cc(OC)cc(OC)c1. The Labute approximate surface area is 90.3 Å². The normalized spacial score (nSPS) is 11.1. The zero-order valence-electron chi connectivity index (χ0n) is 9.53. The van der Waals surface area contributed by atoms with Gasteiger partial charge in [-0.25, -0.2) is 0 Å². The van der Waals surface area contributed by atoms with E-state index in [1.54, 1.807) is 27.6 Å². The van der Waals surface area contributed by atoms with Gasteiger partial charge >= 0.3 is 0 Å². The summed E-state index contributed by atoms with van der Waals surface area (Å²) in [6, 6.07) is 5.71. The molecule has 0 amide bonds. The van der Waals surface area contributed by atoms with Crippen LogP contribution in [0.25, 0.3) is 5.57 Å². The molecular formula is C12H16O3. The lowest BCUT2D eigenvalue weighted by Gasteiger charge is -2.08. The first-order chi connectivity index (χ1) is 7.21. The van der Waals surface area contributed by atoms with Crippen molar-refractivity contribution in [2.45, 2.75) is 6.92 Å². The molecule has 0 aliphatic carbocycles. The summed E-state index contributed by atoms with van der Waals surface area (Å²) in [7, 11) is 4.89. The highest BCUT2D eigenvalue weighted by Crippen LogP contribution is 2.26. The molecule has 0 radical (unpaired) electrons. The summed E-state index contributed by atoms with van der Waals surface area (Å²) in [5, 5.41) is 0. The first kappa shape index (κ1) is 11.4. The maximum atomic E-state index is 5.18. The lowest BCUT2D eigenvalue weighted by molar-refractivity contribution is 0.339. The van der Waals surface area contributed by atoms with E-state index in [1.807, 2.05) is 25.1 Å². The second-order valence-corrected chi connectivity index (χ2v) is 3.14. The summed E-state index contributed by atoms with van der Waals surface area (Å²) < 4.78 is 15.3. The molecule has 1 aromatic carbocycles. The topological polar surface area (TPSA) is 27.7 Å². The van der Waals surface area contributed by atoms with Crippen LogP contribution in [0, 0.1) is 0 Å². The summed E-state index contributed by atoms with van der Waals surface area (Å²) in [6.07, 6.45) is 1.69. The summed E-state index contributed by atoms with van der Waals surface area (Å²) in [6.45, 7) is 1.97. The molecule has 1 aromatic rings. The van der Waals surface area contributed by atoms with Crippen LogP contribution in [0.5, 0.6) is 11.5 Å². The van der Waals surface area contributed by atoms with E-state index in [0.717, 1.165) is 22.6 Å². The summed E-state index contributed by atoms with van der Waals surface area (Å²) in [5.41, 5.74) is 2.04. The van der Waals surface area contributed by atoms with Crippen molar-refractivity contribution in [2.24, 2.45) is 0 Å². The number of ether oxygens (including phenoxy) is 3. The first-order valence-corrected chi connectivity index (χ1v) is 4.64. The molecular weight excluding hydrogens is 192 g/mol. The van der Waals surface area contributed by atoms with Crippen molar-refractivity contribution in [2.75, 3.05) is 21.3 Å². The highest BCUT2D eigenvalue weighted by atomic mass is 16.5. The maximum Gasteiger partial charge on any atom is 0.123 e. The first-order valence-electron chi connectivity index (χ1n) is 4.64. The molecule has 3 heteroatoms. The maximum absolute atomic E-state index is 5.18. The van der Waals surface area contributed by atoms with Crippen LogP contribution in [0.15, 0.2) is 24.5 Å². The Morgan fingerprint density at radius 2 is 1.53 bits per heavy atom. The third-order valence-electron chi connectivity index (χ3n) is 2.10. The van der Waals surface area contributed by atoms with Crippen molar-refractivity contribution in [3.05, 3.63) is 30.0 Å². The highest BCUT2D eigenvalue weighted by molar-refractivity contribution is 5.65. The van der Waals surface area contributed by atoms with Gasteiger partial charge in [-0.1, -0.05) is 0 Å². The quantitative estimate of drug-likeness (QED) is 0.712. The third kappa shape index (κ3) is 2.91. The van der Waals surface area contributed by atoms with Crippen LogP contribution >= 0.6 is 0 Å². The lowest BCUT2D eigenvalue weighted by atomic mass is 10.1. The van der Waals surface area contributed by atoms with Crippen molar-refractivity contribution in [1.29, 1.82) is 0 Å². The largest absolute Gasteiger partial charge is 0.504 e. The molecule has 0 spiro atoms. The fourth-order valence-corrected chi connectivity index (χ4v) is 1.28. The number of rotatable bonds is 4. The van der Waals surface area contributed by atoms with Crippen molar-refractivity contribution in [3.63, 3.8) is 0 Å². The number of allylic oxidation sites excluding steroid dienone is 1. The Balaban J connectivity index is 3.12. The van der Waals surface area contributed by atoms with E-state index in [0.29, 0.717) is 0 Å². The molecule has 0 bridgehead atoms. The van der Waals surface area contributed by atoms with Crippen molar-refractivity contribution < 1.29 is 14.2 Å². The molecule has 1 rings (SSSR count).